The standard InChI is InChI=1S/C29H24N6O3/c1-3-38-28(36)22-18(2)31-26-24(23(22)19-10-6-4-7-11-19)27-33-32-25(20-14-16-30-17-15-20)35(27)29(37)34(26)21-12-8-5-9-13-21/h4-18,31H,3H2,1-2H3. The number of esters is 1. The van der Waals surface area contributed by atoms with Crippen LogP contribution in [0.2, 0.25) is 0 Å². The minimum Gasteiger partial charge on any atom is -0.463 e. The molecule has 1 unspecified atom stereocenters. The van der Waals surface area contributed by atoms with Crippen molar-refractivity contribution < 1.29 is 9.53 Å². The van der Waals surface area contributed by atoms with Gasteiger partial charge in [0.15, 0.2) is 11.5 Å². The largest absolute Gasteiger partial charge is 0.463 e. The number of carbonyl (C=O) groups excluding carboxylic acids is 1. The summed E-state index contributed by atoms with van der Waals surface area (Å²) >= 11 is 0. The molecule has 9 nitrogen and oxygen atoms in total. The highest BCUT2D eigenvalue weighted by Crippen LogP contribution is 2.41. The Balaban J connectivity index is 1.80. The maximum absolute atomic E-state index is 14.2. The van der Waals surface area contributed by atoms with E-state index in [9.17, 15) is 9.59 Å². The number of ether oxygens (including phenoxy) is 1. The van der Waals surface area contributed by atoms with E-state index in [1.807, 2.05) is 67.6 Å². The van der Waals surface area contributed by atoms with Crippen LogP contribution in [0, 0.1) is 0 Å². The topological polar surface area (TPSA) is 103 Å². The molecule has 1 aliphatic rings. The van der Waals surface area contributed by atoms with Crippen molar-refractivity contribution in [2.75, 3.05) is 11.9 Å². The van der Waals surface area contributed by atoms with E-state index in [1.54, 1.807) is 36.0 Å². The molecule has 0 bridgehead atoms. The molecule has 0 spiro atoms. The molecule has 0 saturated carbocycles. The molecular weight excluding hydrogens is 480 g/mol. The van der Waals surface area contributed by atoms with E-state index in [2.05, 4.69) is 20.5 Å². The second kappa shape index (κ2) is 9.44. The van der Waals surface area contributed by atoms with Gasteiger partial charge in [0.2, 0.25) is 0 Å². The smallest absolute Gasteiger partial charge is 0.341 e. The average Bonchev–Trinajstić information content (AvgIpc) is 3.40. The van der Waals surface area contributed by atoms with Gasteiger partial charge in [-0.3, -0.25) is 4.98 Å². The van der Waals surface area contributed by atoms with Gasteiger partial charge >= 0.3 is 11.7 Å². The molecule has 1 aliphatic heterocycles. The first-order valence-electron chi connectivity index (χ1n) is 12.3. The van der Waals surface area contributed by atoms with Gasteiger partial charge in [-0.25, -0.2) is 18.6 Å². The van der Waals surface area contributed by atoms with Crippen LogP contribution >= 0.6 is 0 Å². The number of rotatable bonds is 5. The third-order valence-electron chi connectivity index (χ3n) is 6.55. The number of aromatic nitrogens is 5. The number of nitrogens with zero attached hydrogens (tertiary/aromatic N) is 5. The normalized spacial score (nSPS) is 14.7. The summed E-state index contributed by atoms with van der Waals surface area (Å²) in [4.78, 5) is 31.6. The van der Waals surface area contributed by atoms with E-state index in [0.29, 0.717) is 45.2 Å². The fourth-order valence-electron chi connectivity index (χ4n) is 4.93. The van der Waals surface area contributed by atoms with Gasteiger partial charge in [-0.1, -0.05) is 48.5 Å². The first kappa shape index (κ1) is 23.4. The van der Waals surface area contributed by atoms with Gasteiger partial charge in [0.1, 0.15) is 5.82 Å². The van der Waals surface area contributed by atoms with Gasteiger partial charge in [-0.2, -0.15) is 0 Å². The fraction of sp³-hybridized carbons (Fsp3) is 0.138. The molecule has 0 fully saturated rings. The fourth-order valence-corrected chi connectivity index (χ4v) is 4.93. The predicted octanol–water partition coefficient (Wildman–Crippen LogP) is 4.12. The third-order valence-corrected chi connectivity index (χ3v) is 6.55. The minimum absolute atomic E-state index is 0.236. The zero-order valence-electron chi connectivity index (χ0n) is 20.8. The van der Waals surface area contributed by atoms with Crippen LogP contribution in [0.3, 0.4) is 0 Å². The first-order valence-corrected chi connectivity index (χ1v) is 12.3. The number of carbonyl (C=O) groups is 1. The van der Waals surface area contributed by atoms with Crippen LogP contribution in [-0.2, 0) is 9.53 Å². The number of hydrogen-bond donors (Lipinski definition) is 1. The Morgan fingerprint density at radius 2 is 1.63 bits per heavy atom. The van der Waals surface area contributed by atoms with E-state index < -0.39 is 12.0 Å². The second-order valence-corrected chi connectivity index (χ2v) is 8.84. The van der Waals surface area contributed by atoms with Gasteiger partial charge in [0.25, 0.3) is 0 Å². The van der Waals surface area contributed by atoms with Crippen molar-refractivity contribution in [3.05, 3.63) is 112 Å². The van der Waals surface area contributed by atoms with E-state index in [-0.39, 0.29) is 12.3 Å². The number of hydrogen-bond acceptors (Lipinski definition) is 7. The Morgan fingerprint density at radius 1 is 0.947 bits per heavy atom. The Morgan fingerprint density at radius 3 is 2.32 bits per heavy atom. The average molecular weight is 505 g/mol. The zero-order valence-corrected chi connectivity index (χ0v) is 20.8. The molecule has 0 saturated heterocycles. The molecule has 0 radical (unpaired) electrons. The molecule has 3 aromatic heterocycles. The molecule has 9 heteroatoms. The van der Waals surface area contributed by atoms with Crippen molar-refractivity contribution in [1.29, 1.82) is 0 Å². The predicted molar refractivity (Wildman–Crippen MR) is 144 cm³/mol. The van der Waals surface area contributed by atoms with Crippen LogP contribution in [0.25, 0.3) is 28.3 Å². The first-order chi connectivity index (χ1) is 18.6. The number of fused-ring (bicyclic) bond motifs is 3. The maximum atomic E-state index is 14.2. The summed E-state index contributed by atoms with van der Waals surface area (Å²) in [6.45, 7) is 3.90. The van der Waals surface area contributed by atoms with Crippen LogP contribution in [0.1, 0.15) is 25.0 Å². The molecule has 188 valence electrons. The molecule has 0 aliphatic carbocycles. The van der Waals surface area contributed by atoms with Crippen LogP contribution in [0.4, 0.5) is 5.82 Å². The molecule has 5 aromatic rings. The van der Waals surface area contributed by atoms with E-state index in [4.69, 9.17) is 4.74 Å². The highest BCUT2D eigenvalue weighted by atomic mass is 16.5. The number of benzene rings is 2. The van der Waals surface area contributed by atoms with Crippen molar-refractivity contribution in [2.45, 2.75) is 19.9 Å². The number of para-hydroxylation sites is 1. The summed E-state index contributed by atoms with van der Waals surface area (Å²) in [5.74, 6) is 0.479. The number of pyridine rings is 1. The van der Waals surface area contributed by atoms with E-state index >= 15 is 0 Å². The zero-order chi connectivity index (χ0) is 26.2. The van der Waals surface area contributed by atoms with Gasteiger partial charge in [0, 0.05) is 23.5 Å². The Bertz CT molecular complexity index is 1740. The van der Waals surface area contributed by atoms with E-state index in [1.165, 1.54) is 4.40 Å². The molecule has 38 heavy (non-hydrogen) atoms. The molecule has 1 N–H and O–H groups in total. The second-order valence-electron chi connectivity index (χ2n) is 8.84. The lowest BCUT2D eigenvalue weighted by Gasteiger charge is -2.31. The number of nitrogens with one attached hydrogen (secondary N) is 1. The van der Waals surface area contributed by atoms with Crippen LogP contribution < -0.4 is 11.0 Å². The van der Waals surface area contributed by atoms with Crippen LogP contribution in [-0.4, -0.2) is 42.8 Å². The Kier molecular flexibility index (Phi) is 5.80. The van der Waals surface area contributed by atoms with Gasteiger partial charge in [-0.15, -0.1) is 10.2 Å². The summed E-state index contributed by atoms with van der Waals surface area (Å²) in [6, 6.07) is 22.1. The van der Waals surface area contributed by atoms with Crippen molar-refractivity contribution in [3.8, 4) is 17.1 Å². The molecule has 0 amide bonds. The summed E-state index contributed by atoms with van der Waals surface area (Å²) in [5.41, 5.74) is 3.85. The maximum Gasteiger partial charge on any atom is 0.341 e. The molecule has 2 aromatic carbocycles. The third kappa shape index (κ3) is 3.67. The van der Waals surface area contributed by atoms with E-state index in [0.717, 1.165) is 5.56 Å². The SMILES string of the molecule is CCOC(=O)C1=C(c2ccccc2)c2c(n(-c3ccccc3)c(=O)n3c(-c4ccncc4)nnc23)NC1C. The van der Waals surface area contributed by atoms with Crippen LogP contribution in [0.15, 0.2) is 95.6 Å². The van der Waals surface area contributed by atoms with Gasteiger partial charge < -0.3 is 10.1 Å². The quantitative estimate of drug-likeness (QED) is 0.359. The lowest BCUT2D eigenvalue weighted by molar-refractivity contribution is -0.138. The van der Waals surface area contributed by atoms with Gasteiger partial charge in [0.05, 0.1) is 29.5 Å². The monoisotopic (exact) mass is 504 g/mol. The summed E-state index contributed by atoms with van der Waals surface area (Å²) in [5, 5.41) is 12.3. The molecule has 6 rings (SSSR count). The molecule has 1 atom stereocenters. The van der Waals surface area contributed by atoms with Gasteiger partial charge in [-0.05, 0) is 43.7 Å². The van der Waals surface area contributed by atoms with Crippen molar-refractivity contribution in [2.24, 2.45) is 0 Å². The Hall–Kier alpha value is -5.05. The highest BCUT2D eigenvalue weighted by molar-refractivity contribution is 6.08. The summed E-state index contributed by atoms with van der Waals surface area (Å²) < 4.78 is 8.59. The van der Waals surface area contributed by atoms with Crippen molar-refractivity contribution in [1.82, 2.24) is 24.1 Å². The summed E-state index contributed by atoms with van der Waals surface area (Å²) in [6.07, 6.45) is 3.28. The highest BCUT2D eigenvalue weighted by Gasteiger charge is 2.36. The molecular formula is C29H24N6O3. The number of anilines is 1. The van der Waals surface area contributed by atoms with Crippen molar-refractivity contribution >= 4 is 23.0 Å². The summed E-state index contributed by atoms with van der Waals surface area (Å²) in [7, 11) is 0. The Labute approximate surface area is 218 Å². The lowest BCUT2D eigenvalue weighted by Crippen LogP contribution is -2.37. The van der Waals surface area contributed by atoms with Crippen LogP contribution in [0.5, 0.6) is 0 Å². The van der Waals surface area contributed by atoms with Crippen molar-refractivity contribution in [3.63, 3.8) is 0 Å². The molecule has 4 heterocycles. The lowest BCUT2D eigenvalue weighted by atomic mass is 9.87. The minimum atomic E-state index is -0.448.